The lowest BCUT2D eigenvalue weighted by molar-refractivity contribution is -0.150. The molecule has 3 rings (SSSR count). The molecule has 0 spiro atoms. The summed E-state index contributed by atoms with van der Waals surface area (Å²) in [6.45, 7) is 0. The lowest BCUT2D eigenvalue weighted by Gasteiger charge is -2.20. The minimum atomic E-state index is -1.40. The molecule has 0 amide bonds. The fraction of sp³-hybridized carbons (Fsp3) is 0.222. The van der Waals surface area contributed by atoms with Crippen LogP contribution in [0.1, 0.15) is 28.5 Å². The highest BCUT2D eigenvalue weighted by Gasteiger charge is 2.50. The average molecular weight is 360 g/mol. The molecule has 2 aromatic carbocycles. The first-order valence-corrected chi connectivity index (χ1v) is 7.64. The van der Waals surface area contributed by atoms with Crippen LogP contribution in [0.4, 0.5) is 0 Å². The maximum absolute atomic E-state index is 11.9. The van der Waals surface area contributed by atoms with E-state index in [9.17, 15) is 35.1 Å². The van der Waals surface area contributed by atoms with Crippen LogP contribution in [0.25, 0.3) is 0 Å². The largest absolute Gasteiger partial charge is 0.504 e. The van der Waals surface area contributed by atoms with Crippen molar-refractivity contribution in [1.82, 2.24) is 0 Å². The van der Waals surface area contributed by atoms with Gasteiger partial charge in [0.1, 0.15) is 0 Å². The summed E-state index contributed by atoms with van der Waals surface area (Å²) in [4.78, 5) is 23.6. The lowest BCUT2D eigenvalue weighted by atomic mass is 9.82. The molecular formula is C18H16O8. The van der Waals surface area contributed by atoms with Crippen molar-refractivity contribution in [3.8, 4) is 23.0 Å². The molecule has 0 saturated carbocycles. The second kappa shape index (κ2) is 6.14. The Morgan fingerprint density at radius 3 is 2.04 bits per heavy atom. The molecule has 3 atom stereocenters. The number of rotatable bonds is 4. The molecule has 0 bridgehead atoms. The number of hydrogen-bond acceptors (Lipinski definition) is 6. The molecule has 26 heavy (non-hydrogen) atoms. The zero-order valence-corrected chi connectivity index (χ0v) is 13.6. The first kappa shape index (κ1) is 17.4. The van der Waals surface area contributed by atoms with E-state index in [4.69, 9.17) is 4.74 Å². The van der Waals surface area contributed by atoms with Gasteiger partial charge < -0.3 is 30.3 Å². The highest BCUT2D eigenvalue weighted by molar-refractivity contribution is 5.89. The molecule has 136 valence electrons. The molecule has 0 fully saturated rings. The first-order valence-electron chi connectivity index (χ1n) is 7.64. The molecule has 1 aliphatic carbocycles. The number of carbonyl (C=O) groups is 2. The normalized spacial score (nSPS) is 21.2. The Morgan fingerprint density at radius 1 is 0.885 bits per heavy atom. The van der Waals surface area contributed by atoms with Gasteiger partial charge >= 0.3 is 11.9 Å². The summed E-state index contributed by atoms with van der Waals surface area (Å²) in [5.74, 6) is -7.40. The second-order valence-corrected chi connectivity index (χ2v) is 6.06. The monoisotopic (exact) mass is 360 g/mol. The van der Waals surface area contributed by atoms with Gasteiger partial charge in [0, 0.05) is 5.92 Å². The molecule has 5 N–H and O–H groups in total. The minimum absolute atomic E-state index is 0.106. The number of fused-ring (bicyclic) bond motifs is 1. The molecule has 0 aromatic heterocycles. The van der Waals surface area contributed by atoms with E-state index in [0.717, 1.165) is 6.07 Å². The third kappa shape index (κ3) is 2.55. The van der Waals surface area contributed by atoms with Crippen LogP contribution < -0.4 is 4.74 Å². The summed E-state index contributed by atoms with van der Waals surface area (Å²) in [5, 5.41) is 48.6. The van der Waals surface area contributed by atoms with Gasteiger partial charge in [-0.2, -0.15) is 0 Å². The summed E-state index contributed by atoms with van der Waals surface area (Å²) >= 11 is 0. The number of carboxylic acid groups (broad SMARTS) is 2. The van der Waals surface area contributed by atoms with Gasteiger partial charge in [-0.15, -0.1) is 0 Å². The predicted molar refractivity (Wildman–Crippen MR) is 87.8 cm³/mol. The van der Waals surface area contributed by atoms with Gasteiger partial charge in [-0.3, -0.25) is 9.59 Å². The van der Waals surface area contributed by atoms with E-state index < -0.39 is 41.2 Å². The quantitative estimate of drug-likeness (QED) is 0.519. The number of methoxy groups -OCH3 is 1. The fourth-order valence-corrected chi connectivity index (χ4v) is 3.57. The summed E-state index contributed by atoms with van der Waals surface area (Å²) in [6, 6.07) is 6.47. The predicted octanol–water partition coefficient (Wildman–Crippen LogP) is 1.83. The van der Waals surface area contributed by atoms with Crippen LogP contribution in [0, 0.1) is 5.92 Å². The maximum atomic E-state index is 11.9. The first-order chi connectivity index (χ1) is 12.3. The van der Waals surface area contributed by atoms with Crippen molar-refractivity contribution in [3.05, 3.63) is 47.0 Å². The molecule has 0 heterocycles. The van der Waals surface area contributed by atoms with Crippen molar-refractivity contribution in [1.29, 1.82) is 0 Å². The van der Waals surface area contributed by atoms with E-state index in [0.29, 0.717) is 5.56 Å². The molecule has 3 unspecified atom stereocenters. The number of carboxylic acids is 2. The van der Waals surface area contributed by atoms with Crippen LogP contribution in [0.3, 0.4) is 0 Å². The van der Waals surface area contributed by atoms with Crippen molar-refractivity contribution in [2.24, 2.45) is 5.92 Å². The number of aliphatic carboxylic acids is 2. The summed E-state index contributed by atoms with van der Waals surface area (Å²) in [7, 11) is 1.33. The van der Waals surface area contributed by atoms with Crippen LogP contribution in [0.15, 0.2) is 30.3 Å². The van der Waals surface area contributed by atoms with Crippen molar-refractivity contribution in [3.63, 3.8) is 0 Å². The van der Waals surface area contributed by atoms with Crippen molar-refractivity contribution < 1.29 is 39.9 Å². The van der Waals surface area contributed by atoms with E-state index in [1.54, 1.807) is 0 Å². The third-order valence-electron chi connectivity index (χ3n) is 4.68. The Kier molecular flexibility index (Phi) is 4.11. The maximum Gasteiger partial charge on any atom is 0.311 e. The molecular weight excluding hydrogens is 344 g/mol. The molecule has 8 nitrogen and oxygen atoms in total. The molecule has 2 aromatic rings. The second-order valence-electron chi connectivity index (χ2n) is 6.06. The van der Waals surface area contributed by atoms with Crippen LogP contribution in [0.5, 0.6) is 23.0 Å². The van der Waals surface area contributed by atoms with Crippen LogP contribution in [0.2, 0.25) is 0 Å². The van der Waals surface area contributed by atoms with Crippen molar-refractivity contribution >= 4 is 11.9 Å². The van der Waals surface area contributed by atoms with E-state index in [-0.39, 0.29) is 22.6 Å². The molecule has 8 heteroatoms. The minimum Gasteiger partial charge on any atom is -0.504 e. The highest BCUT2D eigenvalue weighted by Crippen LogP contribution is 2.53. The van der Waals surface area contributed by atoms with Crippen molar-refractivity contribution in [2.45, 2.75) is 11.8 Å². The molecule has 1 aliphatic rings. The van der Waals surface area contributed by atoms with Gasteiger partial charge in [-0.1, -0.05) is 6.07 Å². The van der Waals surface area contributed by atoms with Gasteiger partial charge in [0.15, 0.2) is 23.0 Å². The fourth-order valence-electron chi connectivity index (χ4n) is 3.57. The summed E-state index contributed by atoms with van der Waals surface area (Å²) in [6.07, 6.45) is 0. The highest BCUT2D eigenvalue weighted by atomic mass is 16.5. The Balaban J connectivity index is 2.28. The summed E-state index contributed by atoms with van der Waals surface area (Å²) in [5.41, 5.74) is 0.812. The molecule has 0 saturated heterocycles. The van der Waals surface area contributed by atoms with E-state index >= 15 is 0 Å². The van der Waals surface area contributed by atoms with E-state index in [2.05, 4.69) is 0 Å². The zero-order valence-electron chi connectivity index (χ0n) is 13.6. The Hall–Kier alpha value is -3.42. The number of benzene rings is 2. The number of phenols is 3. The van der Waals surface area contributed by atoms with Crippen LogP contribution in [-0.2, 0) is 9.59 Å². The molecule has 0 radical (unpaired) electrons. The SMILES string of the molecule is COc1cc(C2c3cc(O)c(O)cc3C(C(=O)O)C2C(=O)O)ccc1O. The number of phenolic OH excluding ortho intramolecular Hbond substituents is 3. The number of aromatic hydroxyl groups is 3. The van der Waals surface area contributed by atoms with Gasteiger partial charge in [-0.25, -0.2) is 0 Å². The topological polar surface area (TPSA) is 145 Å². The van der Waals surface area contributed by atoms with E-state index in [1.165, 1.54) is 31.4 Å². The number of hydrogen-bond donors (Lipinski definition) is 5. The average Bonchev–Trinajstić information content (AvgIpc) is 2.90. The Labute approximate surface area is 147 Å². The van der Waals surface area contributed by atoms with Gasteiger partial charge in [-0.05, 0) is 41.0 Å². The van der Waals surface area contributed by atoms with Gasteiger partial charge in [0.25, 0.3) is 0 Å². The van der Waals surface area contributed by atoms with Crippen LogP contribution >= 0.6 is 0 Å². The van der Waals surface area contributed by atoms with Gasteiger partial charge in [0.05, 0.1) is 18.9 Å². The van der Waals surface area contributed by atoms with Crippen LogP contribution in [-0.4, -0.2) is 44.6 Å². The lowest BCUT2D eigenvalue weighted by Crippen LogP contribution is -2.27. The standard InChI is InChI=1S/C18H16O8/c1-26-13-4-7(2-3-10(13)19)14-8-5-11(20)12(21)6-9(8)15(17(22)23)16(14)18(24)25/h2-6,14-16,19-21H,1H3,(H,22,23)(H,24,25). The third-order valence-corrected chi connectivity index (χ3v) is 4.68. The Bertz CT molecular complexity index is 904. The molecule has 0 aliphatic heterocycles. The Morgan fingerprint density at radius 2 is 1.50 bits per heavy atom. The smallest absolute Gasteiger partial charge is 0.311 e. The van der Waals surface area contributed by atoms with Crippen molar-refractivity contribution in [2.75, 3.05) is 7.11 Å². The summed E-state index contributed by atoms with van der Waals surface area (Å²) < 4.78 is 5.04. The zero-order chi connectivity index (χ0) is 19.2. The van der Waals surface area contributed by atoms with E-state index in [1.807, 2.05) is 0 Å². The van der Waals surface area contributed by atoms with Gasteiger partial charge in [0.2, 0.25) is 0 Å². The number of ether oxygens (including phenoxy) is 1.